The average Bonchev–Trinajstić information content (AvgIpc) is 1.85. The Labute approximate surface area is 64.6 Å². The minimum Gasteiger partial charge on any atom is -0.428 e. The molecule has 0 aromatic heterocycles. The van der Waals surface area contributed by atoms with E-state index in [0.717, 1.165) is 6.08 Å². The van der Waals surface area contributed by atoms with Gasteiger partial charge >= 0.3 is 14.2 Å². The van der Waals surface area contributed by atoms with Crippen LogP contribution in [0.5, 0.6) is 0 Å². The van der Waals surface area contributed by atoms with E-state index in [-0.39, 0.29) is 0 Å². The first-order chi connectivity index (χ1) is 5.06. The maximum atomic E-state index is 10.4. The van der Waals surface area contributed by atoms with Crippen molar-refractivity contribution < 1.29 is 23.5 Å². The third kappa shape index (κ3) is 5.66. The zero-order valence-corrected chi connectivity index (χ0v) is 6.78. The molecule has 0 saturated heterocycles. The lowest BCUT2D eigenvalue weighted by molar-refractivity contribution is -0.154. The first-order valence-corrected chi connectivity index (χ1v) is 3.85. The van der Waals surface area contributed by atoms with Crippen molar-refractivity contribution in [2.75, 3.05) is 0 Å². The van der Waals surface area contributed by atoms with Gasteiger partial charge in [0.15, 0.2) is 0 Å². The van der Waals surface area contributed by atoms with E-state index in [1.807, 2.05) is 0 Å². The number of carbonyl (C=O) groups is 1. The van der Waals surface area contributed by atoms with Gasteiger partial charge in [-0.15, -0.1) is 4.89 Å². The molecule has 0 saturated carbocycles. The van der Waals surface area contributed by atoms with Crippen molar-refractivity contribution >= 4 is 14.2 Å². The fourth-order valence-electron chi connectivity index (χ4n) is 0.360. The summed E-state index contributed by atoms with van der Waals surface area (Å²) in [6.45, 7) is 4.45. The lowest BCUT2D eigenvalue weighted by Gasteiger charge is -2.02. The number of esters is 1. The van der Waals surface area contributed by atoms with Gasteiger partial charge in [0.1, 0.15) is 0 Å². The molecule has 0 bridgehead atoms. The number of rotatable bonds is 4. The molecular weight excluding hydrogens is 171 g/mol. The average molecular weight is 179 g/mol. The Balaban J connectivity index is 3.68. The van der Waals surface area contributed by atoms with E-state index in [0.29, 0.717) is 0 Å². The predicted octanol–water partition coefficient (Wildman–Crippen LogP) is 0.728. The van der Waals surface area contributed by atoms with Crippen LogP contribution < -0.4 is 0 Å². The minimum atomic E-state index is -2.74. The first kappa shape index (κ1) is 10.2. The number of carbonyl (C=O) groups excluding carboxylic acids is 1. The summed E-state index contributed by atoms with van der Waals surface area (Å²) in [7, 11) is -2.74. The van der Waals surface area contributed by atoms with Crippen LogP contribution in [0.4, 0.5) is 0 Å². The van der Waals surface area contributed by atoms with Gasteiger partial charge in [0.25, 0.3) is 6.29 Å². The Morgan fingerprint density at radius 1 is 1.82 bits per heavy atom. The van der Waals surface area contributed by atoms with Gasteiger partial charge in [-0.25, -0.2) is 4.79 Å². The van der Waals surface area contributed by atoms with Gasteiger partial charge in [-0.1, -0.05) is 11.1 Å². The molecule has 0 aliphatic rings. The summed E-state index contributed by atoms with van der Waals surface area (Å²) in [6, 6.07) is 0. The van der Waals surface area contributed by atoms with Crippen molar-refractivity contribution in [2.24, 2.45) is 0 Å². The second kappa shape index (κ2) is 4.96. The van der Waals surface area contributed by atoms with Crippen LogP contribution in [-0.4, -0.2) is 17.2 Å². The highest BCUT2D eigenvalue weighted by atomic mass is 31.1. The number of hydrogen-bond acceptors (Lipinski definition) is 4. The van der Waals surface area contributed by atoms with Crippen molar-refractivity contribution in [2.45, 2.75) is 13.2 Å². The van der Waals surface area contributed by atoms with Gasteiger partial charge in [-0.2, -0.15) is 0 Å². The third-order valence-electron chi connectivity index (χ3n) is 0.687. The molecule has 0 aromatic rings. The largest absolute Gasteiger partial charge is 0.698 e. The number of hydrogen-bond donors (Lipinski definition) is 1. The van der Waals surface area contributed by atoms with Crippen molar-refractivity contribution in [3.8, 4) is 0 Å². The lowest BCUT2D eigenvalue weighted by Crippen LogP contribution is -2.13. The van der Waals surface area contributed by atoms with Crippen LogP contribution >= 0.6 is 8.25 Å². The second-order valence-corrected chi connectivity index (χ2v) is 2.24. The third-order valence-corrected chi connectivity index (χ3v) is 1.16. The van der Waals surface area contributed by atoms with E-state index in [4.69, 9.17) is 4.89 Å². The second-order valence-electron chi connectivity index (χ2n) is 1.55. The summed E-state index contributed by atoms with van der Waals surface area (Å²) in [5.74, 6) is -0.700. The zero-order chi connectivity index (χ0) is 8.85. The van der Waals surface area contributed by atoms with Gasteiger partial charge < -0.3 is 4.74 Å². The summed E-state index contributed by atoms with van der Waals surface area (Å²) >= 11 is 0. The van der Waals surface area contributed by atoms with Crippen molar-refractivity contribution in [3.05, 3.63) is 12.7 Å². The van der Waals surface area contributed by atoms with Gasteiger partial charge in [-0.05, 0) is 0 Å². The molecule has 0 heterocycles. The molecule has 2 atom stereocenters. The molecule has 0 spiro atoms. The fraction of sp³-hybridized carbons (Fsp3) is 0.400. The molecule has 11 heavy (non-hydrogen) atoms. The monoisotopic (exact) mass is 179 g/mol. The standard InChI is InChI=1S/C5H7O5P/c1-3-5(6)9-4(2)10-11(7)8/h3-4H,1H2,2H3/p+1. The SMILES string of the molecule is C=CC(=O)OC(C)O[P+](=O)O. The summed E-state index contributed by atoms with van der Waals surface area (Å²) in [4.78, 5) is 18.6. The quantitative estimate of drug-likeness (QED) is 0.298. The Hall–Kier alpha value is -0.770. The Morgan fingerprint density at radius 3 is 2.73 bits per heavy atom. The van der Waals surface area contributed by atoms with Crippen molar-refractivity contribution in [3.63, 3.8) is 0 Å². The van der Waals surface area contributed by atoms with E-state index in [1.165, 1.54) is 6.92 Å². The molecule has 0 aliphatic carbocycles. The van der Waals surface area contributed by atoms with Crippen LogP contribution in [0.15, 0.2) is 12.7 Å². The lowest BCUT2D eigenvalue weighted by atomic mass is 10.6. The molecule has 6 heteroatoms. The van der Waals surface area contributed by atoms with Crippen molar-refractivity contribution in [1.82, 2.24) is 0 Å². The van der Waals surface area contributed by atoms with Crippen LogP contribution in [0, 0.1) is 0 Å². The fourth-order valence-corrected chi connectivity index (χ4v) is 0.657. The molecule has 0 amide bonds. The molecular formula is C5H8O5P+. The van der Waals surface area contributed by atoms with E-state index in [9.17, 15) is 9.36 Å². The maximum absolute atomic E-state index is 10.4. The van der Waals surface area contributed by atoms with Gasteiger partial charge in [0.2, 0.25) is 0 Å². The molecule has 0 radical (unpaired) electrons. The van der Waals surface area contributed by atoms with E-state index in [2.05, 4.69) is 15.8 Å². The summed E-state index contributed by atoms with van der Waals surface area (Å²) < 4.78 is 18.6. The van der Waals surface area contributed by atoms with Gasteiger partial charge in [0.05, 0.1) is 0 Å². The predicted molar refractivity (Wildman–Crippen MR) is 36.7 cm³/mol. The van der Waals surface area contributed by atoms with Gasteiger partial charge in [0, 0.05) is 17.6 Å². The zero-order valence-electron chi connectivity index (χ0n) is 5.89. The van der Waals surface area contributed by atoms with Crippen LogP contribution in [0.1, 0.15) is 6.92 Å². The van der Waals surface area contributed by atoms with Crippen LogP contribution in [0.3, 0.4) is 0 Å². The van der Waals surface area contributed by atoms with E-state index in [1.54, 1.807) is 0 Å². The molecule has 5 nitrogen and oxygen atoms in total. The van der Waals surface area contributed by atoms with E-state index < -0.39 is 20.5 Å². The van der Waals surface area contributed by atoms with Crippen LogP contribution in [0.2, 0.25) is 0 Å². The van der Waals surface area contributed by atoms with E-state index >= 15 is 0 Å². The molecule has 0 aliphatic heterocycles. The highest BCUT2D eigenvalue weighted by Crippen LogP contribution is 2.18. The normalized spacial score (nSPS) is 13.5. The Morgan fingerprint density at radius 2 is 2.36 bits per heavy atom. The summed E-state index contributed by atoms with van der Waals surface area (Å²) in [5.41, 5.74) is 0. The molecule has 2 unspecified atom stereocenters. The molecule has 1 N–H and O–H groups in total. The first-order valence-electron chi connectivity index (χ1n) is 2.72. The smallest absolute Gasteiger partial charge is 0.428 e. The topological polar surface area (TPSA) is 72.8 Å². The highest BCUT2D eigenvalue weighted by molar-refractivity contribution is 7.32. The van der Waals surface area contributed by atoms with Crippen molar-refractivity contribution in [1.29, 1.82) is 0 Å². The maximum Gasteiger partial charge on any atom is 0.698 e. The van der Waals surface area contributed by atoms with Crippen LogP contribution in [-0.2, 0) is 18.6 Å². The van der Waals surface area contributed by atoms with Crippen LogP contribution in [0.25, 0.3) is 0 Å². The summed E-state index contributed by atoms with van der Waals surface area (Å²) in [5, 5.41) is 0. The summed E-state index contributed by atoms with van der Waals surface area (Å²) in [6.07, 6.45) is -0.0984. The number of ether oxygens (including phenoxy) is 1. The highest BCUT2D eigenvalue weighted by Gasteiger charge is 2.20. The minimum absolute atomic E-state index is 0.700. The van der Waals surface area contributed by atoms with Gasteiger partial charge in [-0.3, -0.25) is 0 Å². The Bertz CT molecular complexity index is 178. The molecule has 0 aromatic carbocycles. The molecule has 62 valence electrons. The molecule has 0 rings (SSSR count). The molecule has 0 fully saturated rings. The Kier molecular flexibility index (Phi) is 4.61.